The summed E-state index contributed by atoms with van der Waals surface area (Å²) >= 11 is 0. The molecule has 0 aliphatic carbocycles. The lowest BCUT2D eigenvalue weighted by molar-refractivity contribution is 0.470. The molecule has 0 radical (unpaired) electrons. The number of benzene rings is 1. The zero-order valence-electron chi connectivity index (χ0n) is 6.83. The van der Waals surface area contributed by atoms with Crippen LogP contribution in [-0.4, -0.2) is 5.11 Å². The fraction of sp³-hybridized carbons (Fsp3) is 0.200. The van der Waals surface area contributed by atoms with Gasteiger partial charge in [-0.05, 0) is 19.4 Å². The van der Waals surface area contributed by atoms with Gasteiger partial charge in [-0.3, -0.25) is 0 Å². The first-order chi connectivity index (χ1) is 5.25. The molecule has 0 saturated heterocycles. The molecule has 1 rings (SSSR count). The monoisotopic (exact) mass is 148 g/mol. The van der Waals surface area contributed by atoms with E-state index in [1.165, 1.54) is 0 Å². The van der Waals surface area contributed by atoms with Gasteiger partial charge in [0.25, 0.3) is 0 Å². The Morgan fingerprint density at radius 1 is 1.36 bits per heavy atom. The van der Waals surface area contributed by atoms with Crippen molar-refractivity contribution in [1.82, 2.24) is 0 Å². The molecule has 0 unspecified atom stereocenters. The second-order valence-corrected chi connectivity index (χ2v) is 2.51. The Morgan fingerprint density at radius 3 is 2.73 bits per heavy atom. The molecule has 1 nitrogen and oxygen atoms in total. The van der Waals surface area contributed by atoms with Crippen LogP contribution in [0.3, 0.4) is 0 Å². The number of aromatic hydroxyl groups is 1. The van der Waals surface area contributed by atoms with Crippen molar-refractivity contribution >= 4 is 6.08 Å². The van der Waals surface area contributed by atoms with Gasteiger partial charge in [-0.15, -0.1) is 0 Å². The highest BCUT2D eigenvalue weighted by atomic mass is 16.3. The zero-order valence-corrected chi connectivity index (χ0v) is 6.83. The number of hydrogen-bond acceptors (Lipinski definition) is 1. The van der Waals surface area contributed by atoms with Crippen molar-refractivity contribution in [3.63, 3.8) is 0 Å². The van der Waals surface area contributed by atoms with Crippen molar-refractivity contribution in [2.24, 2.45) is 0 Å². The molecule has 1 aromatic carbocycles. The second kappa shape index (κ2) is 3.24. The molecule has 1 aromatic rings. The van der Waals surface area contributed by atoms with Gasteiger partial charge in [0.05, 0.1) is 0 Å². The average Bonchev–Trinajstić information content (AvgIpc) is 1.99. The van der Waals surface area contributed by atoms with Gasteiger partial charge in [0.15, 0.2) is 0 Å². The van der Waals surface area contributed by atoms with Crippen LogP contribution in [0.4, 0.5) is 0 Å². The van der Waals surface area contributed by atoms with Gasteiger partial charge in [-0.2, -0.15) is 0 Å². The van der Waals surface area contributed by atoms with Crippen LogP contribution in [0.2, 0.25) is 0 Å². The van der Waals surface area contributed by atoms with Gasteiger partial charge in [0.2, 0.25) is 0 Å². The average molecular weight is 148 g/mol. The molecule has 0 aromatic heterocycles. The van der Waals surface area contributed by atoms with Crippen LogP contribution in [0, 0.1) is 6.92 Å². The molecular formula is C10H12O. The van der Waals surface area contributed by atoms with Crippen LogP contribution in [0.25, 0.3) is 6.08 Å². The molecule has 1 N–H and O–H groups in total. The third kappa shape index (κ3) is 1.61. The van der Waals surface area contributed by atoms with E-state index in [0.717, 1.165) is 11.1 Å². The Labute approximate surface area is 67.0 Å². The van der Waals surface area contributed by atoms with Crippen molar-refractivity contribution in [2.45, 2.75) is 13.8 Å². The van der Waals surface area contributed by atoms with Gasteiger partial charge >= 0.3 is 0 Å². The van der Waals surface area contributed by atoms with Gasteiger partial charge in [0, 0.05) is 5.56 Å². The van der Waals surface area contributed by atoms with Gasteiger partial charge in [-0.1, -0.05) is 30.4 Å². The fourth-order valence-corrected chi connectivity index (χ4v) is 0.996. The van der Waals surface area contributed by atoms with E-state index in [1.807, 2.05) is 44.2 Å². The maximum atomic E-state index is 9.48. The molecule has 0 atom stereocenters. The van der Waals surface area contributed by atoms with Crippen LogP contribution in [0.15, 0.2) is 24.3 Å². The van der Waals surface area contributed by atoms with Crippen LogP contribution in [0.5, 0.6) is 5.75 Å². The van der Waals surface area contributed by atoms with Gasteiger partial charge in [-0.25, -0.2) is 0 Å². The molecular weight excluding hydrogens is 136 g/mol. The largest absolute Gasteiger partial charge is 0.507 e. The quantitative estimate of drug-likeness (QED) is 0.649. The van der Waals surface area contributed by atoms with Gasteiger partial charge in [0.1, 0.15) is 5.75 Å². The Kier molecular flexibility index (Phi) is 2.32. The zero-order chi connectivity index (χ0) is 8.27. The standard InChI is InChI=1S/C10H12O/c1-3-5-9-7-4-6-8(2)10(9)11/h3-7,11H,1-2H3. The molecule has 0 spiro atoms. The van der Waals surface area contributed by atoms with Gasteiger partial charge < -0.3 is 5.11 Å². The lowest BCUT2D eigenvalue weighted by Gasteiger charge is -2.00. The molecule has 0 aliphatic rings. The fourth-order valence-electron chi connectivity index (χ4n) is 0.996. The van der Waals surface area contributed by atoms with Crippen LogP contribution >= 0.6 is 0 Å². The highest BCUT2D eigenvalue weighted by molar-refractivity contribution is 5.58. The molecule has 11 heavy (non-hydrogen) atoms. The minimum atomic E-state index is 0.380. The molecule has 0 aliphatic heterocycles. The minimum absolute atomic E-state index is 0.380. The number of phenols is 1. The van der Waals surface area contributed by atoms with Crippen molar-refractivity contribution in [3.8, 4) is 5.75 Å². The molecule has 0 bridgehead atoms. The topological polar surface area (TPSA) is 20.2 Å². The van der Waals surface area contributed by atoms with Crippen LogP contribution < -0.4 is 0 Å². The number of para-hydroxylation sites is 1. The lowest BCUT2D eigenvalue weighted by atomic mass is 10.1. The van der Waals surface area contributed by atoms with Crippen molar-refractivity contribution in [3.05, 3.63) is 35.4 Å². The summed E-state index contributed by atoms with van der Waals surface area (Å²) in [6.07, 6.45) is 3.80. The Bertz CT molecular complexity index is 274. The minimum Gasteiger partial charge on any atom is -0.507 e. The molecule has 0 fully saturated rings. The third-order valence-corrected chi connectivity index (χ3v) is 1.62. The Morgan fingerprint density at radius 2 is 2.09 bits per heavy atom. The highest BCUT2D eigenvalue weighted by Crippen LogP contribution is 2.22. The second-order valence-electron chi connectivity index (χ2n) is 2.51. The summed E-state index contributed by atoms with van der Waals surface area (Å²) < 4.78 is 0. The summed E-state index contributed by atoms with van der Waals surface area (Å²) in [6, 6.07) is 5.72. The predicted octanol–water partition coefficient (Wildman–Crippen LogP) is 2.73. The summed E-state index contributed by atoms with van der Waals surface area (Å²) in [7, 11) is 0. The number of hydrogen-bond donors (Lipinski definition) is 1. The summed E-state index contributed by atoms with van der Waals surface area (Å²) in [5.74, 6) is 0.380. The summed E-state index contributed by atoms with van der Waals surface area (Å²) in [5, 5.41) is 9.48. The van der Waals surface area contributed by atoms with E-state index in [-0.39, 0.29) is 0 Å². The van der Waals surface area contributed by atoms with E-state index >= 15 is 0 Å². The first-order valence-corrected chi connectivity index (χ1v) is 3.67. The number of aryl methyl sites for hydroxylation is 1. The predicted molar refractivity (Wildman–Crippen MR) is 47.6 cm³/mol. The van der Waals surface area contributed by atoms with Crippen molar-refractivity contribution in [1.29, 1.82) is 0 Å². The molecule has 58 valence electrons. The normalized spacial score (nSPS) is 10.7. The Hall–Kier alpha value is -1.24. The van der Waals surface area contributed by atoms with E-state index < -0.39 is 0 Å². The maximum absolute atomic E-state index is 9.48. The lowest BCUT2D eigenvalue weighted by Crippen LogP contribution is -1.77. The van der Waals surface area contributed by atoms with E-state index in [9.17, 15) is 5.11 Å². The van der Waals surface area contributed by atoms with E-state index in [0.29, 0.717) is 5.75 Å². The first-order valence-electron chi connectivity index (χ1n) is 3.67. The Balaban J connectivity index is 3.16. The number of rotatable bonds is 1. The maximum Gasteiger partial charge on any atom is 0.125 e. The van der Waals surface area contributed by atoms with Crippen LogP contribution in [0.1, 0.15) is 18.1 Å². The molecule has 1 heteroatoms. The summed E-state index contributed by atoms with van der Waals surface area (Å²) in [5.41, 5.74) is 1.80. The number of phenolic OH excluding ortho intramolecular Hbond substituents is 1. The highest BCUT2D eigenvalue weighted by Gasteiger charge is 1.97. The third-order valence-electron chi connectivity index (χ3n) is 1.62. The van der Waals surface area contributed by atoms with Crippen molar-refractivity contribution < 1.29 is 5.11 Å². The van der Waals surface area contributed by atoms with E-state index in [1.54, 1.807) is 0 Å². The smallest absolute Gasteiger partial charge is 0.125 e. The SMILES string of the molecule is CC=Cc1cccc(C)c1O. The van der Waals surface area contributed by atoms with Crippen LogP contribution in [-0.2, 0) is 0 Å². The molecule has 0 amide bonds. The van der Waals surface area contributed by atoms with Crippen molar-refractivity contribution in [2.75, 3.05) is 0 Å². The summed E-state index contributed by atoms with van der Waals surface area (Å²) in [4.78, 5) is 0. The first kappa shape index (κ1) is 7.86. The number of allylic oxidation sites excluding steroid dienone is 1. The van der Waals surface area contributed by atoms with E-state index in [2.05, 4.69) is 0 Å². The molecule has 0 heterocycles. The van der Waals surface area contributed by atoms with E-state index in [4.69, 9.17) is 0 Å². The summed E-state index contributed by atoms with van der Waals surface area (Å²) in [6.45, 7) is 3.82. The molecule has 0 saturated carbocycles.